The van der Waals surface area contributed by atoms with Crippen LogP contribution in [0.3, 0.4) is 0 Å². The number of aryl methyl sites for hydroxylation is 3. The second kappa shape index (κ2) is 9.68. The standard InChI is InChI=1S/C24H29N5O5/c1-15(14-30)25-21(31)13-28-19-9-8-18-17(7-6-16(2)29(18)24(33)34)23(19)26-20(28)10-12-27-11-4-3-5-22(27)32/h3-5,8-9,11,15-16,30H,6-7,10,12-14H2,1-2H3,(H,25,31)(H,33,34)/t15-,16+/m1/s1. The quantitative estimate of drug-likeness (QED) is 0.486. The Hall–Kier alpha value is -3.66. The number of nitrogens with one attached hydrogen (secondary N) is 1. The van der Waals surface area contributed by atoms with Gasteiger partial charge in [-0.15, -0.1) is 0 Å². The molecule has 2 atom stereocenters. The van der Waals surface area contributed by atoms with Gasteiger partial charge in [0.15, 0.2) is 0 Å². The number of aromatic nitrogens is 3. The monoisotopic (exact) mass is 467 g/mol. The SMILES string of the molecule is C[C@H](CO)NC(=O)Cn1c(CCn2ccccc2=O)nc2c3c(ccc21)N(C(=O)O)[C@@H](C)CC3. The van der Waals surface area contributed by atoms with Gasteiger partial charge < -0.3 is 24.7 Å². The van der Waals surface area contributed by atoms with Crippen molar-refractivity contribution in [3.63, 3.8) is 0 Å². The number of amides is 2. The Labute approximate surface area is 196 Å². The van der Waals surface area contributed by atoms with Crippen LogP contribution in [0.15, 0.2) is 41.3 Å². The van der Waals surface area contributed by atoms with Crippen LogP contribution in [0.5, 0.6) is 0 Å². The fraction of sp³-hybridized carbons (Fsp3) is 0.417. The van der Waals surface area contributed by atoms with E-state index in [0.29, 0.717) is 42.8 Å². The van der Waals surface area contributed by atoms with Gasteiger partial charge in [-0.1, -0.05) is 6.07 Å². The van der Waals surface area contributed by atoms with E-state index in [1.807, 2.05) is 11.5 Å². The van der Waals surface area contributed by atoms with Gasteiger partial charge in [0.2, 0.25) is 5.91 Å². The van der Waals surface area contributed by atoms with Crippen LogP contribution >= 0.6 is 0 Å². The van der Waals surface area contributed by atoms with E-state index in [1.54, 1.807) is 42.0 Å². The zero-order chi connectivity index (χ0) is 24.4. The molecule has 0 saturated heterocycles. The number of pyridine rings is 1. The molecular weight excluding hydrogens is 438 g/mol. The van der Waals surface area contributed by atoms with Gasteiger partial charge in [0.1, 0.15) is 12.4 Å². The van der Waals surface area contributed by atoms with Crippen molar-refractivity contribution in [1.82, 2.24) is 19.4 Å². The normalized spacial score (nSPS) is 16.3. The summed E-state index contributed by atoms with van der Waals surface area (Å²) in [6, 6.07) is 8.01. The van der Waals surface area contributed by atoms with Crippen molar-refractivity contribution < 1.29 is 19.8 Å². The number of carboxylic acid groups (broad SMARTS) is 1. The summed E-state index contributed by atoms with van der Waals surface area (Å²) in [6.45, 7) is 3.81. The molecule has 2 amide bonds. The molecule has 3 heterocycles. The summed E-state index contributed by atoms with van der Waals surface area (Å²) >= 11 is 0. The Bertz CT molecular complexity index is 1280. The second-order valence-corrected chi connectivity index (χ2v) is 8.72. The summed E-state index contributed by atoms with van der Waals surface area (Å²) in [6.07, 6.45) is 2.47. The van der Waals surface area contributed by atoms with Gasteiger partial charge in [-0.3, -0.25) is 14.5 Å². The second-order valence-electron chi connectivity index (χ2n) is 8.72. The Balaban J connectivity index is 1.76. The predicted octanol–water partition coefficient (Wildman–Crippen LogP) is 1.76. The van der Waals surface area contributed by atoms with E-state index in [2.05, 4.69) is 5.32 Å². The summed E-state index contributed by atoms with van der Waals surface area (Å²) < 4.78 is 3.40. The van der Waals surface area contributed by atoms with E-state index < -0.39 is 6.09 Å². The third-order valence-electron chi connectivity index (χ3n) is 6.26. The molecule has 180 valence electrons. The zero-order valence-corrected chi connectivity index (χ0v) is 19.3. The molecule has 0 bridgehead atoms. The fourth-order valence-electron chi connectivity index (χ4n) is 4.51. The Morgan fingerprint density at radius 3 is 2.76 bits per heavy atom. The van der Waals surface area contributed by atoms with E-state index in [-0.39, 0.29) is 36.7 Å². The van der Waals surface area contributed by atoms with Crippen LogP contribution in [0.2, 0.25) is 0 Å². The summed E-state index contributed by atoms with van der Waals surface area (Å²) in [7, 11) is 0. The van der Waals surface area contributed by atoms with Crippen LogP contribution in [0.25, 0.3) is 11.0 Å². The summed E-state index contributed by atoms with van der Waals surface area (Å²) in [4.78, 5) is 42.9. The van der Waals surface area contributed by atoms with Gasteiger partial charge in [-0.05, 0) is 44.9 Å². The number of hydrogen-bond donors (Lipinski definition) is 3. The van der Waals surface area contributed by atoms with Crippen molar-refractivity contribution in [1.29, 1.82) is 0 Å². The molecule has 3 N–H and O–H groups in total. The molecule has 10 nitrogen and oxygen atoms in total. The third kappa shape index (κ3) is 4.54. The lowest BCUT2D eigenvalue weighted by atomic mass is 9.96. The molecule has 34 heavy (non-hydrogen) atoms. The maximum absolute atomic E-state index is 12.7. The highest BCUT2D eigenvalue weighted by Crippen LogP contribution is 2.36. The molecule has 0 saturated carbocycles. The first kappa shape index (κ1) is 23.5. The van der Waals surface area contributed by atoms with E-state index in [9.17, 15) is 24.6 Å². The lowest BCUT2D eigenvalue weighted by Crippen LogP contribution is -2.41. The Kier molecular flexibility index (Phi) is 6.69. The number of aliphatic hydroxyl groups excluding tert-OH is 1. The van der Waals surface area contributed by atoms with Crippen LogP contribution in [0.1, 0.15) is 31.7 Å². The molecule has 1 aromatic carbocycles. The van der Waals surface area contributed by atoms with E-state index in [0.717, 1.165) is 11.1 Å². The lowest BCUT2D eigenvalue weighted by Gasteiger charge is -2.33. The van der Waals surface area contributed by atoms with Crippen LogP contribution in [0, 0.1) is 0 Å². The van der Waals surface area contributed by atoms with Crippen molar-refractivity contribution >= 4 is 28.7 Å². The van der Waals surface area contributed by atoms with Crippen LogP contribution < -0.4 is 15.8 Å². The minimum absolute atomic E-state index is 0.00229. The zero-order valence-electron chi connectivity index (χ0n) is 19.3. The van der Waals surface area contributed by atoms with E-state index >= 15 is 0 Å². The number of carbonyl (C=O) groups excluding carboxylic acids is 1. The first-order valence-electron chi connectivity index (χ1n) is 11.4. The Morgan fingerprint density at radius 2 is 2.06 bits per heavy atom. The molecule has 1 aliphatic heterocycles. The number of nitrogens with zero attached hydrogens (tertiary/aromatic N) is 4. The van der Waals surface area contributed by atoms with E-state index in [1.165, 1.54) is 11.0 Å². The molecule has 0 radical (unpaired) electrons. The summed E-state index contributed by atoms with van der Waals surface area (Å²) in [5, 5.41) is 21.8. The van der Waals surface area contributed by atoms with Crippen molar-refractivity contribution in [2.45, 2.75) is 58.3 Å². The number of benzene rings is 1. The number of anilines is 1. The van der Waals surface area contributed by atoms with Crippen molar-refractivity contribution in [2.75, 3.05) is 11.5 Å². The summed E-state index contributed by atoms with van der Waals surface area (Å²) in [5.41, 5.74) is 2.75. The predicted molar refractivity (Wildman–Crippen MR) is 127 cm³/mol. The first-order valence-corrected chi connectivity index (χ1v) is 11.4. The average molecular weight is 468 g/mol. The van der Waals surface area contributed by atoms with Gasteiger partial charge in [0.05, 0.1) is 23.3 Å². The van der Waals surface area contributed by atoms with Gasteiger partial charge >= 0.3 is 6.09 Å². The van der Waals surface area contributed by atoms with Crippen molar-refractivity contribution in [2.24, 2.45) is 0 Å². The number of rotatable bonds is 7. The maximum Gasteiger partial charge on any atom is 0.412 e. The summed E-state index contributed by atoms with van der Waals surface area (Å²) in [5.74, 6) is 0.365. The highest BCUT2D eigenvalue weighted by atomic mass is 16.4. The molecular formula is C24H29N5O5. The van der Waals surface area contributed by atoms with Crippen LogP contribution in [-0.4, -0.2) is 55.0 Å². The molecule has 0 fully saturated rings. The van der Waals surface area contributed by atoms with Crippen molar-refractivity contribution in [3.05, 3.63) is 58.3 Å². The number of hydrogen-bond acceptors (Lipinski definition) is 5. The Morgan fingerprint density at radius 1 is 1.26 bits per heavy atom. The van der Waals surface area contributed by atoms with Gasteiger partial charge in [-0.25, -0.2) is 9.78 Å². The number of aliphatic hydroxyl groups is 1. The highest BCUT2D eigenvalue weighted by molar-refractivity contribution is 5.95. The van der Waals surface area contributed by atoms with Gasteiger partial charge in [0.25, 0.3) is 5.56 Å². The molecule has 0 spiro atoms. The minimum atomic E-state index is -1.01. The van der Waals surface area contributed by atoms with Gasteiger partial charge in [0, 0.05) is 42.9 Å². The molecule has 2 aromatic heterocycles. The first-order chi connectivity index (χ1) is 16.3. The lowest BCUT2D eigenvalue weighted by molar-refractivity contribution is -0.122. The number of imidazole rings is 1. The molecule has 1 aliphatic rings. The number of carbonyl (C=O) groups is 2. The molecule has 4 rings (SSSR count). The minimum Gasteiger partial charge on any atom is -0.465 e. The highest BCUT2D eigenvalue weighted by Gasteiger charge is 2.30. The molecule has 10 heteroatoms. The van der Waals surface area contributed by atoms with Crippen LogP contribution in [0.4, 0.5) is 10.5 Å². The van der Waals surface area contributed by atoms with E-state index in [4.69, 9.17) is 4.98 Å². The topological polar surface area (TPSA) is 130 Å². The third-order valence-corrected chi connectivity index (χ3v) is 6.26. The molecule has 0 unspecified atom stereocenters. The molecule has 0 aliphatic carbocycles. The fourth-order valence-corrected chi connectivity index (χ4v) is 4.51. The number of fused-ring (bicyclic) bond motifs is 3. The van der Waals surface area contributed by atoms with Crippen molar-refractivity contribution in [3.8, 4) is 0 Å². The maximum atomic E-state index is 12.7. The van der Waals surface area contributed by atoms with Gasteiger partial charge in [-0.2, -0.15) is 0 Å². The smallest absolute Gasteiger partial charge is 0.412 e. The van der Waals surface area contributed by atoms with Crippen LogP contribution in [-0.2, 0) is 30.7 Å². The molecule has 3 aromatic rings. The average Bonchev–Trinajstić information content (AvgIpc) is 3.15. The largest absolute Gasteiger partial charge is 0.465 e.